The summed E-state index contributed by atoms with van der Waals surface area (Å²) in [5, 5.41) is 45.1. The molecule has 0 radical (unpaired) electrons. The molecule has 7 heteroatoms. The molecule has 0 aromatic rings. The van der Waals surface area contributed by atoms with E-state index in [2.05, 4.69) is 0 Å². The van der Waals surface area contributed by atoms with Crippen LogP contribution in [0.2, 0.25) is 0 Å². The van der Waals surface area contributed by atoms with Gasteiger partial charge in [0.15, 0.2) is 0 Å². The van der Waals surface area contributed by atoms with Crippen LogP contribution in [0.5, 0.6) is 0 Å². The van der Waals surface area contributed by atoms with Crippen LogP contribution >= 0.6 is 0 Å². The summed E-state index contributed by atoms with van der Waals surface area (Å²) >= 11 is 0. The molecule has 7 nitrogen and oxygen atoms in total. The van der Waals surface area contributed by atoms with E-state index in [4.69, 9.17) is 15.3 Å². The Morgan fingerprint density at radius 3 is 1.33 bits per heavy atom. The fourth-order valence-corrected chi connectivity index (χ4v) is 0.452. The van der Waals surface area contributed by atoms with Gasteiger partial charge < -0.3 is 35.1 Å². The van der Waals surface area contributed by atoms with Crippen LogP contribution in [-0.4, -0.2) is 45.6 Å². The lowest BCUT2D eigenvalue weighted by Crippen LogP contribution is -2.53. The molecule has 0 aliphatic heterocycles. The van der Waals surface area contributed by atoms with Crippen molar-refractivity contribution in [1.82, 2.24) is 0 Å². The topological polar surface area (TPSA) is 141 Å². The number of carbonyl (C=O) groups is 2. The first kappa shape index (κ1) is 10.8. The molecule has 0 saturated heterocycles. The number of carboxylic acids is 2. The molecule has 70 valence electrons. The lowest BCUT2D eigenvalue weighted by molar-refractivity contribution is -0.327. The molecule has 0 aromatic heterocycles. The van der Waals surface area contributed by atoms with Gasteiger partial charge in [-0.05, 0) is 0 Å². The molecule has 3 N–H and O–H groups in total. The molecule has 0 aromatic carbocycles. The van der Waals surface area contributed by atoms with E-state index in [-0.39, 0.29) is 0 Å². The minimum atomic E-state index is -2.46. The predicted molar refractivity (Wildman–Crippen MR) is 28.0 cm³/mol. The van der Waals surface area contributed by atoms with Gasteiger partial charge in [0, 0.05) is 0 Å². The van der Waals surface area contributed by atoms with Gasteiger partial charge in [-0.1, -0.05) is 0 Å². The molecule has 0 amide bonds. The van der Waals surface area contributed by atoms with Crippen molar-refractivity contribution in [3.8, 4) is 0 Å². The third-order valence-electron chi connectivity index (χ3n) is 1.13. The molecular formula is C5H6O7-2. The molecule has 1 unspecified atom stereocenters. The Morgan fingerprint density at radius 2 is 1.17 bits per heavy atom. The second-order valence-electron chi connectivity index (χ2n) is 2.02. The predicted octanol–water partition coefficient (Wildman–Crippen LogP) is -5.43. The van der Waals surface area contributed by atoms with E-state index in [1.807, 2.05) is 0 Å². The third-order valence-corrected chi connectivity index (χ3v) is 1.13. The Labute approximate surface area is 66.5 Å². The lowest BCUT2D eigenvalue weighted by Gasteiger charge is -2.23. The lowest BCUT2D eigenvalue weighted by atomic mass is 10.1. The zero-order chi connectivity index (χ0) is 9.89. The van der Waals surface area contributed by atoms with Gasteiger partial charge in [0.1, 0.15) is 18.3 Å². The number of aliphatic hydroxyl groups excluding tert-OH is 3. The first-order valence-corrected chi connectivity index (χ1v) is 2.84. The summed E-state index contributed by atoms with van der Waals surface area (Å²) < 4.78 is 0. The molecule has 0 rings (SSSR count). The maximum atomic E-state index is 9.82. The average Bonchev–Trinajstić information content (AvgIpc) is 2.00. The second kappa shape index (κ2) is 4.00. The van der Waals surface area contributed by atoms with E-state index >= 15 is 0 Å². The van der Waals surface area contributed by atoms with Crippen molar-refractivity contribution in [1.29, 1.82) is 0 Å². The number of aliphatic hydroxyl groups is 3. The molecule has 0 spiro atoms. The smallest absolute Gasteiger partial charge is 0.122 e. The fraction of sp³-hybridized carbons (Fsp3) is 0.600. The van der Waals surface area contributed by atoms with Gasteiger partial charge in [0.2, 0.25) is 0 Å². The number of carboxylic acid groups (broad SMARTS) is 2. The molecule has 0 bridgehead atoms. The summed E-state index contributed by atoms with van der Waals surface area (Å²) in [6.45, 7) is 0. The molecular weight excluding hydrogens is 172 g/mol. The molecule has 0 aliphatic carbocycles. The van der Waals surface area contributed by atoms with Gasteiger partial charge in [-0.3, -0.25) is 0 Å². The molecule has 0 heterocycles. The average molecular weight is 178 g/mol. The number of rotatable bonds is 4. The Kier molecular flexibility index (Phi) is 3.61. The first-order valence-electron chi connectivity index (χ1n) is 2.84. The zero-order valence-corrected chi connectivity index (χ0v) is 5.71. The maximum Gasteiger partial charge on any atom is 0.122 e. The van der Waals surface area contributed by atoms with Crippen LogP contribution in [0.25, 0.3) is 0 Å². The molecule has 0 aliphatic rings. The number of hydrogen-bond donors (Lipinski definition) is 3. The minimum absolute atomic E-state index is 2.08. The monoisotopic (exact) mass is 178 g/mol. The van der Waals surface area contributed by atoms with Crippen molar-refractivity contribution in [3.05, 3.63) is 0 Å². The summed E-state index contributed by atoms with van der Waals surface area (Å²) in [6, 6.07) is 0. The number of carbonyl (C=O) groups excluding carboxylic acids is 2. The van der Waals surface area contributed by atoms with Gasteiger partial charge in [-0.15, -0.1) is 0 Å². The summed E-state index contributed by atoms with van der Waals surface area (Å²) in [5.41, 5.74) is 0. The van der Waals surface area contributed by atoms with E-state index < -0.39 is 30.3 Å². The van der Waals surface area contributed by atoms with Gasteiger partial charge in [0.05, 0.1) is 11.9 Å². The standard InChI is InChI=1S/C5H8O7/c6-1(2(7)4(9)10)3(8)5(11)12/h1-3,6-8H,(H,9,10)(H,11,12)/p-2/t1?,2-,3+. The van der Waals surface area contributed by atoms with Crippen molar-refractivity contribution >= 4 is 11.9 Å². The van der Waals surface area contributed by atoms with Gasteiger partial charge in [0.25, 0.3) is 0 Å². The highest BCUT2D eigenvalue weighted by molar-refractivity contribution is 5.75. The Balaban J connectivity index is 4.28. The summed E-state index contributed by atoms with van der Waals surface area (Å²) in [4.78, 5) is 19.6. The highest BCUT2D eigenvalue weighted by atomic mass is 16.4. The van der Waals surface area contributed by atoms with Crippen LogP contribution in [0.1, 0.15) is 0 Å². The van der Waals surface area contributed by atoms with Crippen LogP contribution in [0.3, 0.4) is 0 Å². The number of aliphatic carboxylic acids is 2. The largest absolute Gasteiger partial charge is 0.547 e. The zero-order valence-electron chi connectivity index (χ0n) is 5.71. The van der Waals surface area contributed by atoms with Gasteiger partial charge in [-0.2, -0.15) is 0 Å². The maximum absolute atomic E-state index is 9.82. The quantitative estimate of drug-likeness (QED) is 0.390. The van der Waals surface area contributed by atoms with Crippen LogP contribution in [0.15, 0.2) is 0 Å². The van der Waals surface area contributed by atoms with E-state index in [0.717, 1.165) is 0 Å². The Bertz CT molecular complexity index is 168. The summed E-state index contributed by atoms with van der Waals surface area (Å²) in [6.07, 6.45) is -7.28. The van der Waals surface area contributed by atoms with E-state index in [1.54, 1.807) is 0 Å². The van der Waals surface area contributed by atoms with Crippen molar-refractivity contribution in [2.45, 2.75) is 18.3 Å². The third kappa shape index (κ3) is 2.46. The normalized spacial score (nSPS) is 17.9. The van der Waals surface area contributed by atoms with Crippen molar-refractivity contribution in [2.75, 3.05) is 0 Å². The second-order valence-corrected chi connectivity index (χ2v) is 2.02. The van der Waals surface area contributed by atoms with Crippen LogP contribution < -0.4 is 10.2 Å². The van der Waals surface area contributed by atoms with Gasteiger partial charge in [-0.25, -0.2) is 0 Å². The molecule has 12 heavy (non-hydrogen) atoms. The number of hydrogen-bond acceptors (Lipinski definition) is 7. The van der Waals surface area contributed by atoms with Crippen molar-refractivity contribution in [3.63, 3.8) is 0 Å². The van der Waals surface area contributed by atoms with Crippen LogP contribution in [0.4, 0.5) is 0 Å². The van der Waals surface area contributed by atoms with E-state index in [1.165, 1.54) is 0 Å². The summed E-state index contributed by atoms with van der Waals surface area (Å²) in [5.74, 6) is -4.16. The van der Waals surface area contributed by atoms with Gasteiger partial charge >= 0.3 is 0 Å². The summed E-state index contributed by atoms with van der Waals surface area (Å²) in [7, 11) is 0. The van der Waals surface area contributed by atoms with Crippen molar-refractivity contribution < 1.29 is 35.1 Å². The first-order chi connectivity index (χ1) is 5.37. The molecule has 3 atom stereocenters. The SMILES string of the molecule is O=C([O-])[C@@H](O)C(O)[C@@H](O)C(=O)[O-]. The fourth-order valence-electron chi connectivity index (χ4n) is 0.452. The highest BCUT2D eigenvalue weighted by Gasteiger charge is 2.26. The Hall–Kier alpha value is -1.18. The molecule has 0 fully saturated rings. The molecule has 0 saturated carbocycles. The van der Waals surface area contributed by atoms with Crippen LogP contribution in [-0.2, 0) is 9.59 Å². The van der Waals surface area contributed by atoms with E-state index in [9.17, 15) is 19.8 Å². The van der Waals surface area contributed by atoms with E-state index in [0.29, 0.717) is 0 Å². The van der Waals surface area contributed by atoms with Crippen LogP contribution in [0, 0.1) is 0 Å². The highest BCUT2D eigenvalue weighted by Crippen LogP contribution is 1.98. The minimum Gasteiger partial charge on any atom is -0.547 e. The Morgan fingerprint density at radius 1 is 0.917 bits per heavy atom. The van der Waals surface area contributed by atoms with Crippen molar-refractivity contribution in [2.24, 2.45) is 0 Å².